The second-order valence-electron chi connectivity index (χ2n) is 7.00. The Balaban J connectivity index is 1.69. The number of carbonyl (C=O) groups is 1. The van der Waals surface area contributed by atoms with E-state index in [1.807, 2.05) is 67.5 Å². The van der Waals surface area contributed by atoms with Crippen LogP contribution in [0.15, 0.2) is 60.7 Å². The molecule has 150 valence electrons. The summed E-state index contributed by atoms with van der Waals surface area (Å²) in [6.07, 6.45) is 1.73. The summed E-state index contributed by atoms with van der Waals surface area (Å²) in [6.45, 7) is 0. The van der Waals surface area contributed by atoms with Crippen LogP contribution in [0.1, 0.15) is 21.5 Å². The van der Waals surface area contributed by atoms with Gasteiger partial charge in [-0.2, -0.15) is 0 Å². The highest BCUT2D eigenvalue weighted by atomic mass is 35.5. The minimum Gasteiger partial charge on any atom is -0.478 e. The first-order valence-electron chi connectivity index (χ1n) is 9.18. The Morgan fingerprint density at radius 1 is 0.897 bits per heavy atom. The zero-order valence-electron chi connectivity index (χ0n) is 16.2. The Morgan fingerprint density at radius 2 is 1.55 bits per heavy atom. The molecule has 0 aromatic heterocycles. The average Bonchev–Trinajstić information content (AvgIpc) is 2.70. The number of aromatic carboxylic acids is 1. The molecule has 0 saturated heterocycles. The molecule has 0 aliphatic rings. The Bertz CT molecular complexity index is 1020. The number of nitrogens with one attached hydrogen (secondary N) is 1. The average molecular weight is 429 g/mol. The maximum Gasteiger partial charge on any atom is 0.337 e. The standard InChI is InChI=1S/C23H22Cl2N2O2/c1-27(2)18-10-12-22(19(14-18)23(28)29)26-17-8-5-15(6-9-17)3-4-16-7-11-20(24)21(25)13-16/h5-14,26H,3-4H2,1-2H3,(H,28,29). The van der Waals surface area contributed by atoms with Crippen LogP contribution in [0.5, 0.6) is 0 Å². The Kier molecular flexibility index (Phi) is 6.68. The number of carboxylic acids is 1. The van der Waals surface area contributed by atoms with E-state index in [1.54, 1.807) is 12.1 Å². The third-order valence-electron chi connectivity index (χ3n) is 4.67. The van der Waals surface area contributed by atoms with E-state index in [-0.39, 0.29) is 5.56 Å². The molecule has 0 amide bonds. The van der Waals surface area contributed by atoms with Gasteiger partial charge in [-0.15, -0.1) is 0 Å². The minimum atomic E-state index is -0.963. The molecule has 0 atom stereocenters. The van der Waals surface area contributed by atoms with Crippen LogP contribution in [0.2, 0.25) is 10.0 Å². The van der Waals surface area contributed by atoms with E-state index in [1.165, 1.54) is 5.56 Å². The van der Waals surface area contributed by atoms with Gasteiger partial charge in [0.25, 0.3) is 0 Å². The summed E-state index contributed by atoms with van der Waals surface area (Å²) in [4.78, 5) is 13.5. The van der Waals surface area contributed by atoms with Crippen LogP contribution in [-0.2, 0) is 12.8 Å². The quantitative estimate of drug-likeness (QED) is 0.464. The SMILES string of the molecule is CN(C)c1ccc(Nc2ccc(CCc3ccc(Cl)c(Cl)c3)cc2)c(C(=O)O)c1. The molecule has 0 aliphatic carbocycles. The molecule has 3 aromatic rings. The van der Waals surface area contributed by atoms with E-state index in [2.05, 4.69) is 5.32 Å². The number of halogens is 2. The zero-order valence-corrected chi connectivity index (χ0v) is 17.8. The van der Waals surface area contributed by atoms with Gasteiger partial charge in [-0.25, -0.2) is 4.79 Å². The lowest BCUT2D eigenvalue weighted by atomic mass is 10.0. The number of carboxylic acid groups (broad SMARTS) is 1. The molecule has 29 heavy (non-hydrogen) atoms. The van der Waals surface area contributed by atoms with Crippen molar-refractivity contribution in [1.82, 2.24) is 0 Å². The molecule has 0 heterocycles. The normalized spacial score (nSPS) is 10.6. The van der Waals surface area contributed by atoms with Crippen LogP contribution >= 0.6 is 23.2 Å². The molecular weight excluding hydrogens is 407 g/mol. The molecule has 3 rings (SSSR count). The van der Waals surface area contributed by atoms with E-state index >= 15 is 0 Å². The fraction of sp³-hybridized carbons (Fsp3) is 0.174. The van der Waals surface area contributed by atoms with Gasteiger partial charge < -0.3 is 15.3 Å². The highest BCUT2D eigenvalue weighted by molar-refractivity contribution is 6.42. The van der Waals surface area contributed by atoms with Crippen molar-refractivity contribution in [2.24, 2.45) is 0 Å². The van der Waals surface area contributed by atoms with Gasteiger partial charge in [-0.1, -0.05) is 41.4 Å². The van der Waals surface area contributed by atoms with Crippen molar-refractivity contribution in [3.8, 4) is 0 Å². The van der Waals surface area contributed by atoms with E-state index in [0.29, 0.717) is 15.7 Å². The third kappa shape index (κ3) is 5.43. The van der Waals surface area contributed by atoms with Gasteiger partial charge in [-0.05, 0) is 66.4 Å². The van der Waals surface area contributed by atoms with Crippen molar-refractivity contribution in [2.45, 2.75) is 12.8 Å². The first-order valence-corrected chi connectivity index (χ1v) is 9.93. The molecule has 0 radical (unpaired) electrons. The number of aryl methyl sites for hydroxylation is 2. The lowest BCUT2D eigenvalue weighted by Crippen LogP contribution is -2.11. The topological polar surface area (TPSA) is 52.6 Å². The van der Waals surface area contributed by atoms with Crippen LogP contribution < -0.4 is 10.2 Å². The van der Waals surface area contributed by atoms with Gasteiger partial charge in [0, 0.05) is 25.5 Å². The van der Waals surface area contributed by atoms with Crippen molar-refractivity contribution in [3.05, 3.63) is 87.4 Å². The molecule has 0 spiro atoms. The molecule has 0 fully saturated rings. The van der Waals surface area contributed by atoms with Gasteiger partial charge >= 0.3 is 5.97 Å². The van der Waals surface area contributed by atoms with Crippen molar-refractivity contribution in [3.63, 3.8) is 0 Å². The van der Waals surface area contributed by atoms with Crippen LogP contribution in [0.25, 0.3) is 0 Å². The van der Waals surface area contributed by atoms with Gasteiger partial charge in [0.15, 0.2) is 0 Å². The molecular formula is C23H22Cl2N2O2. The predicted octanol–water partition coefficient (Wildman–Crippen LogP) is 6.29. The maximum atomic E-state index is 11.6. The fourth-order valence-electron chi connectivity index (χ4n) is 2.99. The second-order valence-corrected chi connectivity index (χ2v) is 7.81. The minimum absolute atomic E-state index is 0.236. The number of rotatable bonds is 7. The van der Waals surface area contributed by atoms with E-state index in [9.17, 15) is 9.90 Å². The van der Waals surface area contributed by atoms with E-state index < -0.39 is 5.97 Å². The number of hydrogen-bond acceptors (Lipinski definition) is 3. The van der Waals surface area contributed by atoms with Crippen molar-refractivity contribution >= 4 is 46.2 Å². The zero-order chi connectivity index (χ0) is 21.0. The smallest absolute Gasteiger partial charge is 0.337 e. The molecule has 3 aromatic carbocycles. The van der Waals surface area contributed by atoms with Gasteiger partial charge in [0.1, 0.15) is 0 Å². The predicted molar refractivity (Wildman–Crippen MR) is 121 cm³/mol. The third-order valence-corrected chi connectivity index (χ3v) is 5.41. The van der Waals surface area contributed by atoms with E-state index in [0.717, 1.165) is 29.8 Å². The maximum absolute atomic E-state index is 11.6. The second kappa shape index (κ2) is 9.21. The van der Waals surface area contributed by atoms with Crippen molar-refractivity contribution in [1.29, 1.82) is 0 Å². The summed E-state index contributed by atoms with van der Waals surface area (Å²) in [5.74, 6) is -0.963. The van der Waals surface area contributed by atoms with Crippen LogP contribution in [-0.4, -0.2) is 25.2 Å². The van der Waals surface area contributed by atoms with Gasteiger partial charge in [0.05, 0.1) is 21.3 Å². The Hall–Kier alpha value is -2.69. The van der Waals surface area contributed by atoms with Crippen molar-refractivity contribution in [2.75, 3.05) is 24.3 Å². The number of anilines is 3. The highest BCUT2D eigenvalue weighted by Crippen LogP contribution is 2.26. The summed E-state index contributed by atoms with van der Waals surface area (Å²) in [5, 5.41) is 13.9. The Morgan fingerprint density at radius 3 is 2.17 bits per heavy atom. The molecule has 4 nitrogen and oxygen atoms in total. The monoisotopic (exact) mass is 428 g/mol. The fourth-order valence-corrected chi connectivity index (χ4v) is 3.31. The molecule has 0 saturated carbocycles. The summed E-state index contributed by atoms with van der Waals surface area (Å²) in [6, 6.07) is 19.0. The summed E-state index contributed by atoms with van der Waals surface area (Å²) < 4.78 is 0. The summed E-state index contributed by atoms with van der Waals surface area (Å²) >= 11 is 12.0. The molecule has 6 heteroatoms. The number of nitrogens with zero attached hydrogens (tertiary/aromatic N) is 1. The van der Waals surface area contributed by atoms with Crippen LogP contribution in [0.4, 0.5) is 17.1 Å². The summed E-state index contributed by atoms with van der Waals surface area (Å²) in [7, 11) is 3.76. The van der Waals surface area contributed by atoms with Crippen molar-refractivity contribution < 1.29 is 9.90 Å². The van der Waals surface area contributed by atoms with E-state index in [4.69, 9.17) is 23.2 Å². The first kappa shape index (κ1) is 21.0. The molecule has 2 N–H and O–H groups in total. The number of hydrogen-bond donors (Lipinski definition) is 2. The lowest BCUT2D eigenvalue weighted by molar-refractivity contribution is 0.0698. The van der Waals surface area contributed by atoms with Crippen LogP contribution in [0, 0.1) is 0 Å². The van der Waals surface area contributed by atoms with Gasteiger partial charge in [0.2, 0.25) is 0 Å². The largest absolute Gasteiger partial charge is 0.478 e. The summed E-state index contributed by atoms with van der Waals surface area (Å²) in [5.41, 5.74) is 4.79. The molecule has 0 unspecified atom stereocenters. The molecule has 0 aliphatic heterocycles. The van der Waals surface area contributed by atoms with Crippen LogP contribution in [0.3, 0.4) is 0 Å². The number of benzene rings is 3. The van der Waals surface area contributed by atoms with Gasteiger partial charge in [-0.3, -0.25) is 0 Å². The highest BCUT2D eigenvalue weighted by Gasteiger charge is 2.12. The lowest BCUT2D eigenvalue weighted by Gasteiger charge is -2.16. The Labute approximate surface area is 180 Å². The first-order chi connectivity index (χ1) is 13.8. The molecule has 0 bridgehead atoms.